The van der Waals surface area contributed by atoms with Gasteiger partial charge in [-0.05, 0) is 23.5 Å². The van der Waals surface area contributed by atoms with Crippen molar-refractivity contribution in [2.24, 2.45) is 5.92 Å². The molecule has 1 aromatic carbocycles. The lowest BCUT2D eigenvalue weighted by molar-refractivity contribution is -0.124. The van der Waals surface area contributed by atoms with Gasteiger partial charge in [0.2, 0.25) is 5.91 Å². The fraction of sp³-hybridized carbons (Fsp3) is 0.333. The molecule has 3 heteroatoms. The number of amides is 2. The molecule has 0 spiro atoms. The van der Waals surface area contributed by atoms with Crippen LogP contribution >= 0.6 is 0 Å². The van der Waals surface area contributed by atoms with Gasteiger partial charge in [-0.2, -0.15) is 0 Å². The minimum absolute atomic E-state index is 0.202. The van der Waals surface area contributed by atoms with Gasteiger partial charge in [-0.1, -0.05) is 44.2 Å². The van der Waals surface area contributed by atoms with Crippen molar-refractivity contribution in [3.05, 3.63) is 41.5 Å². The molecule has 0 bridgehead atoms. The van der Waals surface area contributed by atoms with E-state index in [1.807, 2.05) is 30.3 Å². The average Bonchev–Trinajstić information content (AvgIpc) is 2.66. The van der Waals surface area contributed by atoms with Crippen molar-refractivity contribution in [3.63, 3.8) is 0 Å². The number of imide groups is 1. The second-order valence-electron chi connectivity index (χ2n) is 4.98. The van der Waals surface area contributed by atoms with Crippen LogP contribution in [-0.4, -0.2) is 11.8 Å². The average molecular weight is 243 g/mol. The number of hydrogen-bond donors (Lipinski definition) is 1. The second-order valence-corrected chi connectivity index (χ2v) is 4.98. The standard InChI is InChI=1S/C15H17NO2/c1-10(2)8-12(11-6-4-3-5-7-11)13-9-14(17)16-15(13)18/h3-7,10H,8-9H2,1-2H3,(H,16,17,18). The van der Waals surface area contributed by atoms with Gasteiger partial charge in [-0.3, -0.25) is 14.9 Å². The van der Waals surface area contributed by atoms with Crippen molar-refractivity contribution in [2.75, 3.05) is 0 Å². The van der Waals surface area contributed by atoms with Gasteiger partial charge in [0.25, 0.3) is 5.91 Å². The minimum atomic E-state index is -0.237. The molecule has 1 fully saturated rings. The van der Waals surface area contributed by atoms with Crippen LogP contribution in [0.2, 0.25) is 0 Å². The van der Waals surface area contributed by atoms with Crippen LogP contribution in [0.1, 0.15) is 32.3 Å². The van der Waals surface area contributed by atoms with Crippen molar-refractivity contribution in [2.45, 2.75) is 26.7 Å². The Morgan fingerprint density at radius 2 is 1.89 bits per heavy atom. The van der Waals surface area contributed by atoms with Crippen molar-refractivity contribution < 1.29 is 9.59 Å². The zero-order chi connectivity index (χ0) is 13.1. The predicted molar refractivity (Wildman–Crippen MR) is 70.6 cm³/mol. The Morgan fingerprint density at radius 3 is 2.39 bits per heavy atom. The molecule has 18 heavy (non-hydrogen) atoms. The summed E-state index contributed by atoms with van der Waals surface area (Å²) in [6.45, 7) is 4.22. The van der Waals surface area contributed by atoms with Gasteiger partial charge >= 0.3 is 0 Å². The monoisotopic (exact) mass is 243 g/mol. The topological polar surface area (TPSA) is 46.2 Å². The van der Waals surface area contributed by atoms with E-state index >= 15 is 0 Å². The maximum atomic E-state index is 11.8. The molecule has 0 radical (unpaired) electrons. The Kier molecular flexibility index (Phi) is 3.60. The molecular weight excluding hydrogens is 226 g/mol. The maximum Gasteiger partial charge on any atom is 0.254 e. The summed E-state index contributed by atoms with van der Waals surface area (Å²) >= 11 is 0. The summed E-state index contributed by atoms with van der Waals surface area (Å²) in [5.74, 6) is 0.00268. The van der Waals surface area contributed by atoms with E-state index in [4.69, 9.17) is 0 Å². The smallest absolute Gasteiger partial charge is 0.254 e. The summed E-state index contributed by atoms with van der Waals surface area (Å²) in [5.41, 5.74) is 2.65. The van der Waals surface area contributed by atoms with Crippen LogP contribution in [0.15, 0.2) is 35.9 Å². The van der Waals surface area contributed by atoms with Crippen molar-refractivity contribution in [1.82, 2.24) is 5.32 Å². The highest BCUT2D eigenvalue weighted by atomic mass is 16.2. The highest BCUT2D eigenvalue weighted by molar-refractivity contribution is 6.17. The van der Waals surface area contributed by atoms with Gasteiger partial charge in [0, 0.05) is 5.57 Å². The first-order chi connectivity index (χ1) is 8.58. The lowest BCUT2D eigenvalue weighted by Gasteiger charge is -2.12. The molecule has 0 atom stereocenters. The van der Waals surface area contributed by atoms with E-state index in [-0.39, 0.29) is 18.2 Å². The highest BCUT2D eigenvalue weighted by Gasteiger charge is 2.27. The molecule has 1 aliphatic heterocycles. The van der Waals surface area contributed by atoms with E-state index in [2.05, 4.69) is 19.2 Å². The Hall–Kier alpha value is -1.90. The molecule has 0 aromatic heterocycles. The summed E-state index contributed by atoms with van der Waals surface area (Å²) < 4.78 is 0. The van der Waals surface area contributed by atoms with E-state index in [9.17, 15) is 9.59 Å². The Morgan fingerprint density at radius 1 is 1.22 bits per heavy atom. The van der Waals surface area contributed by atoms with Crippen LogP contribution in [0, 0.1) is 5.92 Å². The number of allylic oxidation sites excluding steroid dienone is 1. The van der Waals surface area contributed by atoms with Crippen molar-refractivity contribution >= 4 is 17.4 Å². The maximum absolute atomic E-state index is 11.8. The molecule has 1 heterocycles. The van der Waals surface area contributed by atoms with E-state index in [0.29, 0.717) is 11.5 Å². The fourth-order valence-corrected chi connectivity index (χ4v) is 2.19. The SMILES string of the molecule is CC(C)CC(=C1CC(=O)NC1=O)c1ccccc1. The predicted octanol–water partition coefficient (Wildman–Crippen LogP) is 2.53. The second kappa shape index (κ2) is 5.17. The lowest BCUT2D eigenvalue weighted by Crippen LogP contribution is -2.19. The molecule has 1 saturated heterocycles. The molecule has 0 saturated carbocycles. The number of benzene rings is 1. The molecule has 2 rings (SSSR count). The highest BCUT2D eigenvalue weighted by Crippen LogP contribution is 2.29. The molecule has 1 aromatic rings. The first-order valence-corrected chi connectivity index (χ1v) is 6.19. The van der Waals surface area contributed by atoms with Crippen LogP contribution in [0.5, 0.6) is 0 Å². The van der Waals surface area contributed by atoms with Gasteiger partial charge in [-0.25, -0.2) is 0 Å². The molecule has 0 unspecified atom stereocenters. The number of rotatable bonds is 3. The molecular formula is C15H17NO2. The van der Waals surface area contributed by atoms with E-state index < -0.39 is 0 Å². The fourth-order valence-electron chi connectivity index (χ4n) is 2.19. The number of carbonyl (C=O) groups is 2. The van der Waals surface area contributed by atoms with E-state index in [1.54, 1.807) is 0 Å². The Bertz CT molecular complexity index is 500. The molecule has 1 aliphatic rings. The molecule has 1 N–H and O–H groups in total. The Labute approximate surface area is 107 Å². The van der Waals surface area contributed by atoms with Gasteiger partial charge in [0.15, 0.2) is 0 Å². The zero-order valence-electron chi connectivity index (χ0n) is 10.7. The minimum Gasteiger partial charge on any atom is -0.292 e. The van der Waals surface area contributed by atoms with Crippen LogP contribution in [0.4, 0.5) is 0 Å². The number of carbonyl (C=O) groups excluding carboxylic acids is 2. The van der Waals surface area contributed by atoms with Crippen molar-refractivity contribution in [3.8, 4) is 0 Å². The first-order valence-electron chi connectivity index (χ1n) is 6.19. The summed E-state index contributed by atoms with van der Waals surface area (Å²) in [6, 6.07) is 9.82. The zero-order valence-corrected chi connectivity index (χ0v) is 10.7. The third kappa shape index (κ3) is 2.67. The number of nitrogens with one attached hydrogen (secondary N) is 1. The van der Waals surface area contributed by atoms with Crippen molar-refractivity contribution in [1.29, 1.82) is 0 Å². The summed E-state index contributed by atoms with van der Waals surface area (Å²) in [7, 11) is 0. The normalized spacial score (nSPS) is 18.2. The van der Waals surface area contributed by atoms with Crippen LogP contribution < -0.4 is 5.32 Å². The summed E-state index contributed by atoms with van der Waals surface area (Å²) in [4.78, 5) is 23.1. The lowest BCUT2D eigenvalue weighted by atomic mass is 9.91. The van der Waals surface area contributed by atoms with Crippen LogP contribution in [0.3, 0.4) is 0 Å². The Balaban J connectivity index is 2.46. The summed E-state index contributed by atoms with van der Waals surface area (Å²) in [6.07, 6.45) is 1.01. The molecule has 94 valence electrons. The van der Waals surface area contributed by atoms with Gasteiger partial charge < -0.3 is 0 Å². The summed E-state index contributed by atoms with van der Waals surface area (Å²) in [5, 5.41) is 2.35. The van der Waals surface area contributed by atoms with E-state index in [1.165, 1.54) is 0 Å². The quantitative estimate of drug-likeness (QED) is 0.655. The third-order valence-corrected chi connectivity index (χ3v) is 2.96. The largest absolute Gasteiger partial charge is 0.292 e. The third-order valence-electron chi connectivity index (χ3n) is 2.96. The van der Waals surface area contributed by atoms with Gasteiger partial charge in [-0.15, -0.1) is 0 Å². The van der Waals surface area contributed by atoms with Crippen LogP contribution in [0.25, 0.3) is 5.57 Å². The van der Waals surface area contributed by atoms with Gasteiger partial charge in [0.1, 0.15) is 0 Å². The molecule has 2 amide bonds. The molecule has 0 aliphatic carbocycles. The van der Waals surface area contributed by atoms with E-state index in [0.717, 1.165) is 17.6 Å². The molecule has 3 nitrogen and oxygen atoms in total. The van der Waals surface area contributed by atoms with Crippen LogP contribution in [-0.2, 0) is 9.59 Å². The van der Waals surface area contributed by atoms with Gasteiger partial charge in [0.05, 0.1) is 6.42 Å². The first kappa shape index (κ1) is 12.6. The number of hydrogen-bond acceptors (Lipinski definition) is 2.